The van der Waals surface area contributed by atoms with Crippen molar-refractivity contribution in [3.05, 3.63) is 458 Å². The smallest absolute Gasteiger partial charge is 0.00201 e. The van der Waals surface area contributed by atoms with Gasteiger partial charge in [0, 0.05) is 0 Å². The highest BCUT2D eigenvalue weighted by Gasteiger charge is 2.25. The van der Waals surface area contributed by atoms with Gasteiger partial charge in [0.15, 0.2) is 0 Å². The van der Waals surface area contributed by atoms with Crippen molar-refractivity contribution in [1.82, 2.24) is 0 Å². The van der Waals surface area contributed by atoms with Crippen molar-refractivity contribution in [3.63, 3.8) is 0 Å². The van der Waals surface area contributed by atoms with Gasteiger partial charge in [-0.05, 0) is 270 Å². The molecule has 0 nitrogen and oxygen atoms in total. The molecule has 0 aliphatic rings. The van der Waals surface area contributed by atoms with Crippen molar-refractivity contribution in [2.45, 2.75) is 80.1 Å². The minimum atomic E-state index is 0.0945. The maximum absolute atomic E-state index is 2.42. The molecule has 0 aliphatic heterocycles. The Morgan fingerprint density at radius 1 is 0.145 bits per heavy atom. The maximum atomic E-state index is 2.42. The molecule has 0 bridgehead atoms. The minimum Gasteiger partial charge on any atom is -0.0622 e. The van der Waals surface area contributed by atoms with Gasteiger partial charge >= 0.3 is 0 Å². The van der Waals surface area contributed by atoms with Gasteiger partial charge in [-0.15, -0.1) is 0 Å². The van der Waals surface area contributed by atoms with Gasteiger partial charge < -0.3 is 0 Å². The minimum absolute atomic E-state index is 0.0945. The van der Waals surface area contributed by atoms with Gasteiger partial charge in [0.25, 0.3) is 0 Å². The molecule has 0 aromatic heterocycles. The predicted octanol–water partition coefficient (Wildman–Crippen LogP) is 35.4. The van der Waals surface area contributed by atoms with Crippen LogP contribution in [0.25, 0.3) is 197 Å². The number of hydrogen-bond acceptors (Lipinski definition) is 0. The first-order chi connectivity index (χ1) is 60.5. The van der Waals surface area contributed by atoms with E-state index in [-0.39, 0.29) is 10.8 Å². The zero-order valence-corrected chi connectivity index (χ0v) is 72.4. The third-order valence-electron chi connectivity index (χ3n) is 25.3. The van der Waals surface area contributed by atoms with E-state index in [1.54, 1.807) is 0 Å². The lowest BCUT2D eigenvalue weighted by molar-refractivity contribution is 0.591. The first-order valence-corrected chi connectivity index (χ1v) is 43.7. The highest BCUT2D eigenvalue weighted by Crippen LogP contribution is 2.51. The standard InChI is InChI=1S/2C31H22.2C31H28/c1-21-11-9-19-24-23(21)18-10-20-25(24)31-28-16-7-5-14-26(28)30(22-12-3-2-4-13-22)27-15-6-8-17-29(27)31;1-21-15-16-24-20-25(18-17-23(24)19-21)31-28-13-7-5-11-26(28)30(22-9-3-2-4-10-22)27-12-6-8-14-29(27)31;1-21-14-16-23(17-15-21)29-25-12-8-9-13-26(25)30(22-10-6-5-7-11-22)28-20-24(31(2,3)4)18-19-27(28)29;1-21-14-16-23(17-15-21)30-26-13-9-8-12-25(26)29(22-10-6-5-7-11-22)27-19-18-24(20-28(27)30)31(2,3)4/h2*2-20H,1H3;2*5-20H,1-4H3. The molecule has 22 aromatic rings. The van der Waals surface area contributed by atoms with Crippen LogP contribution >= 0.6 is 0 Å². The quantitative estimate of drug-likeness (QED) is 0.133. The molecule has 0 heterocycles. The molecule has 0 saturated heterocycles. The number of hydrogen-bond donors (Lipinski definition) is 0. The zero-order valence-electron chi connectivity index (χ0n) is 72.4. The fraction of sp³-hybridized carbons (Fsp3) is 0.0968. The predicted molar refractivity (Wildman–Crippen MR) is 541 cm³/mol. The monoisotopic (exact) mass is 1590 g/mol. The third-order valence-corrected chi connectivity index (χ3v) is 25.3. The summed E-state index contributed by atoms with van der Waals surface area (Å²) in [5.74, 6) is 0. The van der Waals surface area contributed by atoms with Gasteiger partial charge in [-0.2, -0.15) is 0 Å². The summed E-state index contributed by atoms with van der Waals surface area (Å²) >= 11 is 0. The summed E-state index contributed by atoms with van der Waals surface area (Å²) in [6.07, 6.45) is 0. The zero-order chi connectivity index (χ0) is 84.7. The molecule has 22 rings (SSSR count). The van der Waals surface area contributed by atoms with Crippen molar-refractivity contribution in [2.75, 3.05) is 0 Å². The summed E-state index contributed by atoms with van der Waals surface area (Å²) < 4.78 is 0. The van der Waals surface area contributed by atoms with E-state index in [1.165, 1.54) is 230 Å². The van der Waals surface area contributed by atoms with E-state index < -0.39 is 0 Å². The van der Waals surface area contributed by atoms with Crippen molar-refractivity contribution in [1.29, 1.82) is 0 Å². The van der Waals surface area contributed by atoms with Crippen LogP contribution in [0.1, 0.15) is 74.9 Å². The Hall–Kier alpha value is -14.6. The summed E-state index contributed by atoms with van der Waals surface area (Å²) in [6, 6.07) is 155. The molecule has 0 heteroatoms. The largest absolute Gasteiger partial charge is 0.0622 e. The number of fused-ring (bicyclic) bond motifs is 10. The van der Waals surface area contributed by atoms with Crippen LogP contribution in [0.15, 0.2) is 425 Å². The second kappa shape index (κ2) is 33.5. The fourth-order valence-electron chi connectivity index (χ4n) is 19.1. The molecule has 0 N–H and O–H groups in total. The van der Waals surface area contributed by atoms with Gasteiger partial charge in [0.2, 0.25) is 0 Å². The van der Waals surface area contributed by atoms with E-state index in [4.69, 9.17) is 0 Å². The Kier molecular flexibility index (Phi) is 21.4. The summed E-state index contributed by atoms with van der Waals surface area (Å²) in [5, 5.41) is 26.1. The van der Waals surface area contributed by atoms with Crippen molar-refractivity contribution < 1.29 is 0 Å². The molecule has 0 aliphatic carbocycles. The Morgan fingerprint density at radius 2 is 0.387 bits per heavy atom. The molecule has 0 fully saturated rings. The molecule has 0 spiro atoms. The van der Waals surface area contributed by atoms with Crippen LogP contribution in [0.2, 0.25) is 0 Å². The fourth-order valence-corrected chi connectivity index (χ4v) is 19.1. The molecular formula is C124H100. The van der Waals surface area contributed by atoms with Gasteiger partial charge in [0.1, 0.15) is 0 Å². The van der Waals surface area contributed by atoms with E-state index in [0.29, 0.717) is 0 Å². The lowest BCUT2D eigenvalue weighted by atomic mass is 9.81. The van der Waals surface area contributed by atoms with Crippen LogP contribution in [-0.2, 0) is 10.8 Å². The van der Waals surface area contributed by atoms with Crippen LogP contribution in [-0.4, -0.2) is 0 Å². The second-order valence-corrected chi connectivity index (χ2v) is 35.5. The van der Waals surface area contributed by atoms with Crippen molar-refractivity contribution in [2.24, 2.45) is 0 Å². The normalized spacial score (nSPS) is 11.6. The van der Waals surface area contributed by atoms with Crippen LogP contribution in [0.4, 0.5) is 0 Å². The van der Waals surface area contributed by atoms with Crippen LogP contribution in [0, 0.1) is 27.7 Å². The number of rotatable bonds is 8. The molecule has 0 saturated carbocycles. The topological polar surface area (TPSA) is 0 Å². The van der Waals surface area contributed by atoms with E-state index in [0.717, 1.165) is 0 Å². The molecular weight excluding hydrogens is 1490 g/mol. The Labute approximate surface area is 729 Å². The van der Waals surface area contributed by atoms with Crippen molar-refractivity contribution in [3.8, 4) is 89.0 Å². The Bertz CT molecular complexity index is 7660. The summed E-state index contributed by atoms with van der Waals surface area (Å²) in [6.45, 7) is 22.4. The SMILES string of the molecule is Cc1ccc(-c2c3ccccc3c(-c3ccccc3)c3cc(C(C)(C)C)ccc23)cc1.Cc1ccc(-c2c3ccccc3c(-c3ccccc3)c3ccc(C(C)(C)C)cc23)cc1.Cc1ccc2cc(-c3c4ccccc4c(-c4ccccc4)c4ccccc34)ccc2c1.Cc1cccc2c(-c3c4ccccc4c(-c4ccccc4)c4ccccc34)cccc12. The van der Waals surface area contributed by atoms with Gasteiger partial charge in [-0.25, -0.2) is 0 Å². The van der Waals surface area contributed by atoms with Gasteiger partial charge in [-0.1, -0.05) is 465 Å². The number of benzene rings is 22. The molecule has 124 heavy (non-hydrogen) atoms. The van der Waals surface area contributed by atoms with E-state index in [9.17, 15) is 0 Å². The summed E-state index contributed by atoms with van der Waals surface area (Å²) in [4.78, 5) is 0. The average molecular weight is 1590 g/mol. The molecule has 596 valence electrons. The maximum Gasteiger partial charge on any atom is -0.00201 e. The molecule has 0 atom stereocenters. The van der Waals surface area contributed by atoms with Gasteiger partial charge in [0.05, 0.1) is 0 Å². The number of aryl methyl sites for hydroxylation is 4. The molecule has 0 radical (unpaired) electrons. The van der Waals surface area contributed by atoms with Crippen molar-refractivity contribution >= 4 is 108 Å². The molecule has 22 aromatic carbocycles. The summed E-state index contributed by atoms with van der Waals surface area (Å²) in [5.41, 5.74) is 28.8. The van der Waals surface area contributed by atoms with Crippen LogP contribution < -0.4 is 0 Å². The van der Waals surface area contributed by atoms with Crippen LogP contribution in [0.5, 0.6) is 0 Å². The van der Waals surface area contributed by atoms with Crippen LogP contribution in [0.3, 0.4) is 0 Å². The molecule has 0 amide bonds. The first kappa shape index (κ1) is 79.2. The van der Waals surface area contributed by atoms with E-state index in [2.05, 4.69) is 494 Å². The van der Waals surface area contributed by atoms with E-state index in [1.807, 2.05) is 0 Å². The Morgan fingerprint density at radius 3 is 0.726 bits per heavy atom. The third kappa shape index (κ3) is 15.2. The average Bonchev–Trinajstić information content (AvgIpc) is 0.768. The highest BCUT2D eigenvalue weighted by molar-refractivity contribution is 6.27. The van der Waals surface area contributed by atoms with Gasteiger partial charge in [-0.3, -0.25) is 0 Å². The summed E-state index contributed by atoms with van der Waals surface area (Å²) in [7, 11) is 0. The lowest BCUT2D eigenvalue weighted by Gasteiger charge is -2.23. The second-order valence-electron chi connectivity index (χ2n) is 35.5. The Balaban J connectivity index is 0.000000108. The highest BCUT2D eigenvalue weighted by atomic mass is 14.3. The first-order valence-electron chi connectivity index (χ1n) is 43.7. The molecule has 0 unspecified atom stereocenters. The lowest BCUT2D eigenvalue weighted by Crippen LogP contribution is -2.10. The van der Waals surface area contributed by atoms with E-state index >= 15 is 0 Å².